The van der Waals surface area contributed by atoms with Crippen LogP contribution < -0.4 is 0 Å². The van der Waals surface area contributed by atoms with E-state index in [0.29, 0.717) is 0 Å². The average Bonchev–Trinajstić information content (AvgIpc) is 2.39. The van der Waals surface area contributed by atoms with Gasteiger partial charge in [0.15, 0.2) is 0 Å². The van der Waals surface area contributed by atoms with Crippen LogP contribution in [-0.2, 0) is 0 Å². The first-order chi connectivity index (χ1) is 8.84. The Morgan fingerprint density at radius 3 is 1.05 bits per heavy atom. The lowest BCUT2D eigenvalue weighted by molar-refractivity contribution is 1.22. The number of rotatable bonds is 0. The molecular formula is C19H26. The molecule has 102 valence electrons. The van der Waals surface area contributed by atoms with E-state index < -0.39 is 0 Å². The molecule has 2 aromatic rings. The maximum Gasteiger partial charge on any atom is -0.0392 e. The molecule has 0 bridgehead atoms. The highest BCUT2D eigenvalue weighted by Crippen LogP contribution is 2.15. The number of benzene rings is 2. The maximum absolute atomic E-state index is 2.18. The van der Waals surface area contributed by atoms with Crippen LogP contribution in [0.5, 0.6) is 0 Å². The van der Waals surface area contributed by atoms with E-state index in [2.05, 4.69) is 78.8 Å². The molecule has 0 saturated heterocycles. The minimum atomic E-state index is 1.38. The highest BCUT2D eigenvalue weighted by atomic mass is 14.0. The lowest BCUT2D eigenvalue weighted by atomic mass is 10.0. The molecule has 0 unspecified atom stereocenters. The lowest BCUT2D eigenvalue weighted by Gasteiger charge is -2.06. The Bertz CT molecular complexity index is 515. The van der Waals surface area contributed by atoms with E-state index in [0.717, 1.165) is 0 Å². The Labute approximate surface area is 118 Å². The molecule has 0 heteroatoms. The second-order valence-electron chi connectivity index (χ2n) is 5.47. The van der Waals surface area contributed by atoms with Gasteiger partial charge in [-0.1, -0.05) is 30.3 Å². The molecule has 0 fully saturated rings. The summed E-state index contributed by atoms with van der Waals surface area (Å²) in [6.07, 6.45) is 0. The molecular weight excluding hydrogens is 228 g/mol. The van der Waals surface area contributed by atoms with Crippen LogP contribution in [0.15, 0.2) is 30.3 Å². The highest BCUT2D eigenvalue weighted by Gasteiger charge is 1.97. The molecule has 0 N–H and O–H groups in total. The summed E-state index contributed by atoms with van der Waals surface area (Å²) in [6.45, 7) is 15.1. The van der Waals surface area contributed by atoms with E-state index in [1.165, 1.54) is 38.9 Å². The molecule has 0 aliphatic heterocycles. The van der Waals surface area contributed by atoms with Crippen molar-refractivity contribution in [1.82, 2.24) is 0 Å². The lowest BCUT2D eigenvalue weighted by Crippen LogP contribution is -1.88. The molecule has 0 aliphatic rings. The summed E-state index contributed by atoms with van der Waals surface area (Å²) in [5.41, 5.74) is 9.83. The van der Waals surface area contributed by atoms with Crippen molar-refractivity contribution >= 4 is 0 Å². The molecule has 0 nitrogen and oxygen atoms in total. The predicted octanol–water partition coefficient (Wildman–Crippen LogP) is 5.53. The summed E-state index contributed by atoms with van der Waals surface area (Å²) in [7, 11) is 0. The zero-order chi connectivity index (χ0) is 14.6. The minimum Gasteiger partial charge on any atom is -0.0617 e. The Kier molecular flexibility index (Phi) is 5.35. The van der Waals surface area contributed by atoms with Crippen molar-refractivity contribution in [2.45, 2.75) is 48.5 Å². The van der Waals surface area contributed by atoms with Crippen molar-refractivity contribution in [3.8, 4) is 0 Å². The summed E-state index contributed by atoms with van der Waals surface area (Å²) in [5, 5.41) is 0. The topological polar surface area (TPSA) is 0 Å². The monoisotopic (exact) mass is 254 g/mol. The molecule has 0 spiro atoms. The first-order valence-corrected chi connectivity index (χ1v) is 6.90. The van der Waals surface area contributed by atoms with Gasteiger partial charge in [-0.3, -0.25) is 0 Å². The SMILES string of the molecule is Cc1ccc(C)c(C)c1C.Cc1cccc(C)c1C. The maximum atomic E-state index is 2.18. The van der Waals surface area contributed by atoms with Gasteiger partial charge < -0.3 is 0 Å². The third-order valence-corrected chi connectivity index (χ3v) is 4.20. The van der Waals surface area contributed by atoms with Gasteiger partial charge in [0, 0.05) is 0 Å². The van der Waals surface area contributed by atoms with Gasteiger partial charge >= 0.3 is 0 Å². The molecule has 0 saturated carbocycles. The van der Waals surface area contributed by atoms with Gasteiger partial charge in [-0.2, -0.15) is 0 Å². The van der Waals surface area contributed by atoms with Crippen molar-refractivity contribution in [2.24, 2.45) is 0 Å². The van der Waals surface area contributed by atoms with E-state index in [1.54, 1.807) is 0 Å². The van der Waals surface area contributed by atoms with Gasteiger partial charge in [0.1, 0.15) is 0 Å². The van der Waals surface area contributed by atoms with E-state index in [-0.39, 0.29) is 0 Å². The number of hydrogen-bond donors (Lipinski definition) is 0. The molecule has 0 radical (unpaired) electrons. The second kappa shape index (κ2) is 6.56. The zero-order valence-corrected chi connectivity index (χ0v) is 13.4. The van der Waals surface area contributed by atoms with Crippen LogP contribution in [0, 0.1) is 48.5 Å². The molecule has 0 atom stereocenters. The predicted molar refractivity (Wildman–Crippen MR) is 86.0 cm³/mol. The van der Waals surface area contributed by atoms with Gasteiger partial charge in [-0.15, -0.1) is 0 Å². The molecule has 0 amide bonds. The summed E-state index contributed by atoms with van der Waals surface area (Å²) in [5.74, 6) is 0. The smallest absolute Gasteiger partial charge is 0.0392 e. The van der Waals surface area contributed by atoms with Crippen molar-refractivity contribution in [3.63, 3.8) is 0 Å². The Balaban J connectivity index is 0.000000191. The Morgan fingerprint density at radius 1 is 0.421 bits per heavy atom. The third kappa shape index (κ3) is 3.96. The average molecular weight is 254 g/mol. The van der Waals surface area contributed by atoms with Gasteiger partial charge in [-0.25, -0.2) is 0 Å². The first kappa shape index (κ1) is 15.5. The third-order valence-electron chi connectivity index (χ3n) is 4.20. The molecule has 19 heavy (non-hydrogen) atoms. The van der Waals surface area contributed by atoms with Crippen molar-refractivity contribution < 1.29 is 0 Å². The summed E-state index contributed by atoms with van der Waals surface area (Å²) < 4.78 is 0. The standard InChI is InChI=1S/C10H14.C9H12/c1-7-5-6-8(2)10(4)9(7)3;1-7-5-4-6-8(2)9(7)3/h5-6H,1-4H3;4-6H,1-3H3. The fourth-order valence-electron chi connectivity index (χ4n) is 1.99. The summed E-state index contributed by atoms with van der Waals surface area (Å²) in [6, 6.07) is 10.7. The molecule has 2 rings (SSSR count). The minimum absolute atomic E-state index is 1.38. The van der Waals surface area contributed by atoms with E-state index in [9.17, 15) is 0 Å². The van der Waals surface area contributed by atoms with Gasteiger partial charge in [0.25, 0.3) is 0 Å². The number of aryl methyl sites for hydroxylation is 4. The van der Waals surface area contributed by atoms with E-state index >= 15 is 0 Å². The largest absolute Gasteiger partial charge is 0.0617 e. The molecule has 0 aromatic heterocycles. The van der Waals surface area contributed by atoms with E-state index in [4.69, 9.17) is 0 Å². The van der Waals surface area contributed by atoms with Crippen LogP contribution >= 0.6 is 0 Å². The van der Waals surface area contributed by atoms with E-state index in [1.807, 2.05) is 0 Å². The first-order valence-electron chi connectivity index (χ1n) is 6.90. The summed E-state index contributed by atoms with van der Waals surface area (Å²) >= 11 is 0. The van der Waals surface area contributed by atoms with Crippen LogP contribution in [0.1, 0.15) is 38.9 Å². The highest BCUT2D eigenvalue weighted by molar-refractivity contribution is 5.37. The van der Waals surface area contributed by atoms with Crippen LogP contribution in [0.2, 0.25) is 0 Å². The number of hydrogen-bond acceptors (Lipinski definition) is 0. The Hall–Kier alpha value is -1.56. The quantitative estimate of drug-likeness (QED) is 0.579. The van der Waals surface area contributed by atoms with Crippen molar-refractivity contribution in [1.29, 1.82) is 0 Å². The van der Waals surface area contributed by atoms with Crippen molar-refractivity contribution in [2.75, 3.05) is 0 Å². The molecule has 0 heterocycles. The van der Waals surface area contributed by atoms with Gasteiger partial charge in [-0.05, 0) is 87.4 Å². The van der Waals surface area contributed by atoms with Crippen molar-refractivity contribution in [3.05, 3.63) is 69.3 Å². The van der Waals surface area contributed by atoms with Gasteiger partial charge in [0.2, 0.25) is 0 Å². The van der Waals surface area contributed by atoms with Crippen LogP contribution in [0.3, 0.4) is 0 Å². The summed E-state index contributed by atoms with van der Waals surface area (Å²) in [4.78, 5) is 0. The molecule has 2 aromatic carbocycles. The second-order valence-corrected chi connectivity index (χ2v) is 5.47. The van der Waals surface area contributed by atoms with Crippen LogP contribution in [-0.4, -0.2) is 0 Å². The van der Waals surface area contributed by atoms with Crippen LogP contribution in [0.4, 0.5) is 0 Å². The zero-order valence-electron chi connectivity index (χ0n) is 13.4. The Morgan fingerprint density at radius 2 is 0.737 bits per heavy atom. The normalized spacial score (nSPS) is 9.84. The van der Waals surface area contributed by atoms with Gasteiger partial charge in [0.05, 0.1) is 0 Å². The fraction of sp³-hybridized carbons (Fsp3) is 0.368. The van der Waals surface area contributed by atoms with Crippen LogP contribution in [0.25, 0.3) is 0 Å². The molecule has 0 aliphatic carbocycles. The fourth-order valence-corrected chi connectivity index (χ4v) is 1.99.